The van der Waals surface area contributed by atoms with Crippen molar-refractivity contribution in [2.75, 3.05) is 5.75 Å². The van der Waals surface area contributed by atoms with Gasteiger partial charge in [0.05, 0.1) is 0 Å². The molecule has 0 aromatic heterocycles. The van der Waals surface area contributed by atoms with Gasteiger partial charge in [0.1, 0.15) is 5.78 Å². The molecular weight excluding hydrogens is 208 g/mol. The lowest BCUT2D eigenvalue weighted by Crippen LogP contribution is -2.04. The van der Waals surface area contributed by atoms with Crippen molar-refractivity contribution in [2.45, 2.75) is 19.8 Å². The van der Waals surface area contributed by atoms with E-state index in [1.54, 1.807) is 0 Å². The summed E-state index contributed by atoms with van der Waals surface area (Å²) in [5.74, 6) is 0.788. The first-order valence-electron chi connectivity index (χ1n) is 4.87. The zero-order valence-electron chi connectivity index (χ0n) is 8.73. The van der Waals surface area contributed by atoms with Crippen LogP contribution in [-0.2, 0) is 16.0 Å². The summed E-state index contributed by atoms with van der Waals surface area (Å²) in [6.45, 7) is 1.52. The summed E-state index contributed by atoms with van der Waals surface area (Å²) < 4.78 is 0. The van der Waals surface area contributed by atoms with Crippen LogP contribution in [0.4, 0.5) is 0 Å². The molecular formula is C12H14O2S. The Kier molecular flexibility index (Phi) is 5.12. The normalized spacial score (nSPS) is 9.93. The van der Waals surface area contributed by atoms with Crippen LogP contribution in [-0.4, -0.2) is 16.7 Å². The molecule has 1 rings (SSSR count). The number of carbonyl (C=O) groups is 2. The van der Waals surface area contributed by atoms with Gasteiger partial charge in [-0.3, -0.25) is 9.59 Å². The second kappa shape index (κ2) is 6.40. The van der Waals surface area contributed by atoms with Gasteiger partial charge in [-0.2, -0.15) is 0 Å². The van der Waals surface area contributed by atoms with Gasteiger partial charge in [0.2, 0.25) is 0 Å². The summed E-state index contributed by atoms with van der Waals surface area (Å²) in [6, 6.07) is 9.66. The van der Waals surface area contributed by atoms with Gasteiger partial charge in [-0.05, 0) is 5.56 Å². The molecule has 0 unspecified atom stereocenters. The Balaban J connectivity index is 2.28. The Morgan fingerprint density at radius 3 is 2.47 bits per heavy atom. The zero-order chi connectivity index (χ0) is 11.1. The van der Waals surface area contributed by atoms with E-state index >= 15 is 0 Å². The first kappa shape index (κ1) is 12.0. The Hall–Kier alpha value is -1.09. The van der Waals surface area contributed by atoms with Crippen molar-refractivity contribution in [1.29, 1.82) is 0 Å². The highest BCUT2D eigenvalue weighted by Crippen LogP contribution is 2.07. The second-order valence-electron chi connectivity index (χ2n) is 3.29. The maximum absolute atomic E-state index is 11.5. The molecule has 0 fully saturated rings. The SMILES string of the molecule is CC(=O)SCCC(=O)Cc1ccccc1. The standard InChI is InChI=1S/C12H14O2S/c1-10(13)15-8-7-12(14)9-11-5-3-2-4-6-11/h2-6H,7-9H2,1H3. The van der Waals surface area contributed by atoms with E-state index in [-0.39, 0.29) is 10.9 Å². The van der Waals surface area contributed by atoms with Crippen molar-refractivity contribution >= 4 is 22.7 Å². The number of Topliss-reactive ketones (excluding diaryl/α,β-unsaturated/α-hetero) is 1. The van der Waals surface area contributed by atoms with Crippen LogP contribution in [0.15, 0.2) is 30.3 Å². The third kappa shape index (κ3) is 5.37. The van der Waals surface area contributed by atoms with E-state index in [1.165, 1.54) is 18.7 Å². The Morgan fingerprint density at radius 2 is 1.87 bits per heavy atom. The minimum Gasteiger partial charge on any atom is -0.299 e. The predicted molar refractivity (Wildman–Crippen MR) is 62.9 cm³/mol. The average molecular weight is 222 g/mol. The smallest absolute Gasteiger partial charge is 0.185 e. The van der Waals surface area contributed by atoms with E-state index in [2.05, 4.69) is 0 Å². The predicted octanol–water partition coefficient (Wildman–Crippen LogP) is 2.47. The maximum Gasteiger partial charge on any atom is 0.185 e. The minimum absolute atomic E-state index is 0.0718. The van der Waals surface area contributed by atoms with Gasteiger partial charge in [-0.1, -0.05) is 42.1 Å². The highest BCUT2D eigenvalue weighted by atomic mass is 32.2. The molecule has 15 heavy (non-hydrogen) atoms. The largest absolute Gasteiger partial charge is 0.299 e. The molecule has 3 heteroatoms. The number of thioether (sulfide) groups is 1. The molecule has 0 heterocycles. The van der Waals surface area contributed by atoms with Crippen molar-refractivity contribution in [2.24, 2.45) is 0 Å². The van der Waals surface area contributed by atoms with Crippen LogP contribution >= 0.6 is 11.8 Å². The molecule has 0 N–H and O–H groups in total. The molecule has 0 saturated heterocycles. The molecule has 0 amide bonds. The van der Waals surface area contributed by atoms with Gasteiger partial charge in [0, 0.05) is 25.5 Å². The Morgan fingerprint density at radius 1 is 1.20 bits per heavy atom. The van der Waals surface area contributed by atoms with Gasteiger partial charge in [0.25, 0.3) is 0 Å². The van der Waals surface area contributed by atoms with E-state index < -0.39 is 0 Å². The molecule has 0 radical (unpaired) electrons. The topological polar surface area (TPSA) is 34.1 Å². The lowest BCUT2D eigenvalue weighted by molar-refractivity contribution is -0.118. The van der Waals surface area contributed by atoms with E-state index in [4.69, 9.17) is 0 Å². The zero-order valence-corrected chi connectivity index (χ0v) is 9.55. The van der Waals surface area contributed by atoms with Crippen molar-refractivity contribution in [3.63, 3.8) is 0 Å². The highest BCUT2D eigenvalue weighted by Gasteiger charge is 2.04. The quantitative estimate of drug-likeness (QED) is 0.767. The molecule has 80 valence electrons. The van der Waals surface area contributed by atoms with Crippen LogP contribution in [0.1, 0.15) is 18.9 Å². The molecule has 2 nitrogen and oxygen atoms in total. The van der Waals surface area contributed by atoms with E-state index in [0.29, 0.717) is 18.6 Å². The molecule has 0 atom stereocenters. The van der Waals surface area contributed by atoms with Crippen LogP contribution in [0.5, 0.6) is 0 Å². The first-order valence-corrected chi connectivity index (χ1v) is 5.86. The Labute approximate surface area is 94.1 Å². The van der Waals surface area contributed by atoms with Gasteiger partial charge >= 0.3 is 0 Å². The van der Waals surface area contributed by atoms with Crippen molar-refractivity contribution in [3.05, 3.63) is 35.9 Å². The van der Waals surface area contributed by atoms with E-state index in [0.717, 1.165) is 5.56 Å². The molecule has 1 aromatic carbocycles. The van der Waals surface area contributed by atoms with E-state index in [9.17, 15) is 9.59 Å². The summed E-state index contributed by atoms with van der Waals surface area (Å²) in [5.41, 5.74) is 1.04. The number of carbonyl (C=O) groups excluding carboxylic acids is 2. The third-order valence-corrected chi connectivity index (χ3v) is 2.75. The van der Waals surface area contributed by atoms with Crippen molar-refractivity contribution in [1.82, 2.24) is 0 Å². The lowest BCUT2D eigenvalue weighted by Gasteiger charge is -1.99. The molecule has 0 bridgehead atoms. The number of rotatable bonds is 5. The average Bonchev–Trinajstić information content (AvgIpc) is 2.18. The Bertz CT molecular complexity index is 333. The van der Waals surface area contributed by atoms with Crippen molar-refractivity contribution < 1.29 is 9.59 Å². The summed E-state index contributed by atoms with van der Waals surface area (Å²) in [7, 11) is 0. The molecule has 0 aliphatic rings. The number of benzene rings is 1. The maximum atomic E-state index is 11.5. The molecule has 0 saturated carbocycles. The molecule has 0 spiro atoms. The van der Waals surface area contributed by atoms with E-state index in [1.807, 2.05) is 30.3 Å². The van der Waals surface area contributed by atoms with Gasteiger partial charge < -0.3 is 0 Å². The van der Waals surface area contributed by atoms with Gasteiger partial charge in [-0.25, -0.2) is 0 Å². The minimum atomic E-state index is 0.0718. The molecule has 0 aliphatic heterocycles. The first-order chi connectivity index (χ1) is 7.18. The summed E-state index contributed by atoms with van der Waals surface area (Å²) >= 11 is 1.21. The monoisotopic (exact) mass is 222 g/mol. The summed E-state index contributed by atoms with van der Waals surface area (Å²) in [5, 5.41) is 0.0718. The van der Waals surface area contributed by atoms with Crippen LogP contribution in [0.3, 0.4) is 0 Å². The fourth-order valence-electron chi connectivity index (χ4n) is 1.22. The van der Waals surface area contributed by atoms with Gasteiger partial charge in [0.15, 0.2) is 5.12 Å². The van der Waals surface area contributed by atoms with Crippen LogP contribution in [0.2, 0.25) is 0 Å². The molecule has 1 aromatic rings. The van der Waals surface area contributed by atoms with Crippen molar-refractivity contribution in [3.8, 4) is 0 Å². The summed E-state index contributed by atoms with van der Waals surface area (Å²) in [4.78, 5) is 22.1. The van der Waals surface area contributed by atoms with Crippen LogP contribution in [0, 0.1) is 0 Å². The lowest BCUT2D eigenvalue weighted by atomic mass is 10.1. The highest BCUT2D eigenvalue weighted by molar-refractivity contribution is 8.13. The number of ketones is 1. The van der Waals surface area contributed by atoms with Crippen LogP contribution in [0.25, 0.3) is 0 Å². The second-order valence-corrected chi connectivity index (χ2v) is 4.56. The van der Waals surface area contributed by atoms with Gasteiger partial charge in [-0.15, -0.1) is 0 Å². The van der Waals surface area contributed by atoms with Crippen LogP contribution < -0.4 is 0 Å². The molecule has 0 aliphatic carbocycles. The number of hydrogen-bond acceptors (Lipinski definition) is 3. The fraction of sp³-hybridized carbons (Fsp3) is 0.333. The third-order valence-electron chi connectivity index (χ3n) is 1.93. The summed E-state index contributed by atoms with van der Waals surface area (Å²) in [6.07, 6.45) is 0.943. The fourth-order valence-corrected chi connectivity index (χ4v) is 1.84. The number of hydrogen-bond donors (Lipinski definition) is 0.